The van der Waals surface area contributed by atoms with Crippen LogP contribution in [0.1, 0.15) is 50.3 Å². The Morgan fingerprint density at radius 3 is 2.61 bits per heavy atom. The van der Waals surface area contributed by atoms with E-state index in [0.29, 0.717) is 12.6 Å². The standard InChI is InChI=1S/C31H34ClN3O/c1-4-27(28-7-5-6-8-29(28)32)31(24-11-14-30-25(17-24)18-33-34-30)23-9-12-26(13-10-23)36-20-22(3)35-16-15-21(2)19-35/h5-14,17-18,21-22H,4,15-16,19-20H2,1-3H3,(H,33,34)/t21-,22+/m1/s1. The summed E-state index contributed by atoms with van der Waals surface area (Å²) in [5.74, 6) is 1.68. The van der Waals surface area contributed by atoms with Gasteiger partial charge in [0.2, 0.25) is 0 Å². The quantitative estimate of drug-likeness (QED) is 0.252. The second-order valence-electron chi connectivity index (χ2n) is 9.93. The van der Waals surface area contributed by atoms with E-state index in [1.807, 2.05) is 24.4 Å². The third kappa shape index (κ3) is 5.21. The Morgan fingerprint density at radius 2 is 1.89 bits per heavy atom. The van der Waals surface area contributed by atoms with Crippen LogP contribution in [0.15, 0.2) is 72.9 Å². The number of benzene rings is 3. The normalized spacial score (nSPS) is 17.8. The van der Waals surface area contributed by atoms with Crippen molar-refractivity contribution < 1.29 is 4.74 Å². The monoisotopic (exact) mass is 499 g/mol. The van der Waals surface area contributed by atoms with Gasteiger partial charge in [0.25, 0.3) is 0 Å². The van der Waals surface area contributed by atoms with Crippen molar-refractivity contribution in [1.82, 2.24) is 15.1 Å². The van der Waals surface area contributed by atoms with Gasteiger partial charge in [0.15, 0.2) is 0 Å². The molecule has 36 heavy (non-hydrogen) atoms. The van der Waals surface area contributed by atoms with Gasteiger partial charge in [0.1, 0.15) is 12.4 Å². The van der Waals surface area contributed by atoms with Crippen LogP contribution in [0, 0.1) is 5.92 Å². The number of nitrogens with zero attached hydrogens (tertiary/aromatic N) is 2. The van der Waals surface area contributed by atoms with Crippen molar-refractivity contribution in [1.29, 1.82) is 0 Å². The van der Waals surface area contributed by atoms with Gasteiger partial charge in [0.05, 0.1) is 11.7 Å². The number of hydrogen-bond acceptors (Lipinski definition) is 3. The van der Waals surface area contributed by atoms with E-state index in [2.05, 4.69) is 84.4 Å². The van der Waals surface area contributed by atoms with Crippen LogP contribution in [0.3, 0.4) is 0 Å². The Kier molecular flexibility index (Phi) is 7.45. The number of likely N-dealkylation sites (tertiary alicyclic amines) is 1. The summed E-state index contributed by atoms with van der Waals surface area (Å²) in [7, 11) is 0. The molecule has 1 aliphatic heterocycles. The smallest absolute Gasteiger partial charge is 0.119 e. The highest BCUT2D eigenvalue weighted by molar-refractivity contribution is 6.32. The van der Waals surface area contributed by atoms with E-state index >= 15 is 0 Å². The number of H-pyrrole nitrogens is 1. The molecular weight excluding hydrogens is 466 g/mol. The Balaban J connectivity index is 1.48. The lowest BCUT2D eigenvalue weighted by molar-refractivity contribution is 0.169. The lowest BCUT2D eigenvalue weighted by atomic mass is 9.88. The van der Waals surface area contributed by atoms with Gasteiger partial charge in [-0.25, -0.2) is 0 Å². The second kappa shape index (κ2) is 10.9. The Bertz CT molecular complexity index is 1360. The largest absolute Gasteiger partial charge is 0.492 e. The summed E-state index contributed by atoms with van der Waals surface area (Å²) in [6.45, 7) is 9.81. The van der Waals surface area contributed by atoms with Crippen LogP contribution in [0.25, 0.3) is 22.0 Å². The van der Waals surface area contributed by atoms with Crippen molar-refractivity contribution in [3.63, 3.8) is 0 Å². The highest BCUT2D eigenvalue weighted by Crippen LogP contribution is 2.38. The lowest BCUT2D eigenvalue weighted by Crippen LogP contribution is -2.35. The van der Waals surface area contributed by atoms with Crippen molar-refractivity contribution in [2.45, 2.75) is 39.7 Å². The molecule has 0 radical (unpaired) electrons. The summed E-state index contributed by atoms with van der Waals surface area (Å²) in [5, 5.41) is 9.12. The van der Waals surface area contributed by atoms with Crippen LogP contribution in [-0.2, 0) is 0 Å². The van der Waals surface area contributed by atoms with Gasteiger partial charge in [-0.3, -0.25) is 10.00 Å². The molecule has 1 saturated heterocycles. The fraction of sp³-hybridized carbons (Fsp3) is 0.323. The van der Waals surface area contributed by atoms with E-state index in [0.717, 1.165) is 50.7 Å². The average Bonchev–Trinajstić information content (AvgIpc) is 3.55. The van der Waals surface area contributed by atoms with Crippen molar-refractivity contribution in [3.8, 4) is 5.75 Å². The summed E-state index contributed by atoms with van der Waals surface area (Å²) < 4.78 is 6.20. The Hall–Kier alpha value is -3.08. The highest BCUT2D eigenvalue weighted by Gasteiger charge is 2.23. The Morgan fingerprint density at radius 1 is 1.11 bits per heavy atom. The number of aromatic amines is 1. The van der Waals surface area contributed by atoms with Crippen molar-refractivity contribution in [3.05, 3.63) is 94.6 Å². The van der Waals surface area contributed by atoms with Gasteiger partial charge in [0, 0.05) is 23.0 Å². The van der Waals surface area contributed by atoms with Gasteiger partial charge in [-0.05, 0) is 90.4 Å². The SMILES string of the molecule is CCC(=C(c1ccc(OC[C@H](C)N2CC[C@@H](C)C2)cc1)c1ccc2[nH]ncc2c1)c1ccccc1Cl. The first kappa shape index (κ1) is 24.6. The zero-order valence-corrected chi connectivity index (χ0v) is 22.1. The zero-order chi connectivity index (χ0) is 25.1. The summed E-state index contributed by atoms with van der Waals surface area (Å²) >= 11 is 6.68. The third-order valence-electron chi connectivity index (χ3n) is 7.30. The second-order valence-corrected chi connectivity index (χ2v) is 10.3. The van der Waals surface area contributed by atoms with E-state index < -0.39 is 0 Å². The predicted octanol–water partition coefficient (Wildman–Crippen LogP) is 7.69. The van der Waals surface area contributed by atoms with Crippen LogP contribution >= 0.6 is 11.6 Å². The molecule has 1 aliphatic rings. The third-order valence-corrected chi connectivity index (χ3v) is 7.63. The van der Waals surface area contributed by atoms with Crippen molar-refractivity contribution in [2.75, 3.05) is 19.7 Å². The molecule has 0 unspecified atom stereocenters. The first-order valence-electron chi connectivity index (χ1n) is 12.9. The molecule has 0 amide bonds. The minimum atomic E-state index is 0.415. The molecule has 5 heteroatoms. The van der Waals surface area contributed by atoms with Gasteiger partial charge in [-0.2, -0.15) is 5.10 Å². The summed E-state index contributed by atoms with van der Waals surface area (Å²) in [6.07, 6.45) is 4.01. The molecule has 0 bridgehead atoms. The number of fused-ring (bicyclic) bond motifs is 1. The molecular formula is C31H34ClN3O. The molecule has 4 nitrogen and oxygen atoms in total. The molecule has 1 aromatic heterocycles. The van der Waals surface area contributed by atoms with Crippen LogP contribution in [-0.4, -0.2) is 40.8 Å². The van der Waals surface area contributed by atoms with Gasteiger partial charge >= 0.3 is 0 Å². The first-order chi connectivity index (χ1) is 17.5. The number of ether oxygens (including phenoxy) is 1. The number of aromatic nitrogens is 2. The molecule has 2 atom stereocenters. The molecule has 3 aromatic carbocycles. The number of hydrogen-bond donors (Lipinski definition) is 1. The maximum absolute atomic E-state index is 6.68. The van der Waals surface area contributed by atoms with Crippen LogP contribution in [0.5, 0.6) is 5.75 Å². The fourth-order valence-corrected chi connectivity index (χ4v) is 5.48. The first-order valence-corrected chi connectivity index (χ1v) is 13.3. The molecule has 186 valence electrons. The topological polar surface area (TPSA) is 41.1 Å². The molecule has 0 saturated carbocycles. The average molecular weight is 500 g/mol. The van der Waals surface area contributed by atoms with E-state index in [9.17, 15) is 0 Å². The molecule has 2 heterocycles. The van der Waals surface area contributed by atoms with E-state index in [1.165, 1.54) is 30.7 Å². The van der Waals surface area contributed by atoms with Crippen molar-refractivity contribution in [2.24, 2.45) is 5.92 Å². The number of halogens is 1. The number of nitrogens with one attached hydrogen (secondary N) is 1. The maximum Gasteiger partial charge on any atom is 0.119 e. The number of rotatable bonds is 8. The van der Waals surface area contributed by atoms with Crippen LogP contribution < -0.4 is 4.74 Å². The molecule has 1 fully saturated rings. The molecule has 5 rings (SSSR count). The van der Waals surface area contributed by atoms with Crippen LogP contribution in [0.2, 0.25) is 5.02 Å². The molecule has 1 N–H and O–H groups in total. The number of allylic oxidation sites excluding steroid dienone is 1. The van der Waals surface area contributed by atoms with E-state index in [-0.39, 0.29) is 0 Å². The fourth-order valence-electron chi connectivity index (χ4n) is 5.23. The lowest BCUT2D eigenvalue weighted by Gasteiger charge is -2.24. The van der Waals surface area contributed by atoms with Gasteiger partial charge in [-0.15, -0.1) is 0 Å². The van der Waals surface area contributed by atoms with Crippen LogP contribution in [0.4, 0.5) is 0 Å². The van der Waals surface area contributed by atoms with E-state index in [4.69, 9.17) is 16.3 Å². The maximum atomic E-state index is 6.68. The minimum absolute atomic E-state index is 0.415. The van der Waals surface area contributed by atoms with Gasteiger partial charge in [-0.1, -0.05) is 61.8 Å². The summed E-state index contributed by atoms with van der Waals surface area (Å²) in [6, 6.07) is 23.5. The zero-order valence-electron chi connectivity index (χ0n) is 21.3. The van der Waals surface area contributed by atoms with Crippen molar-refractivity contribution >= 4 is 33.7 Å². The van der Waals surface area contributed by atoms with Gasteiger partial charge < -0.3 is 4.74 Å². The molecule has 0 spiro atoms. The molecule has 0 aliphatic carbocycles. The molecule has 4 aromatic rings. The minimum Gasteiger partial charge on any atom is -0.492 e. The Labute approximate surface area is 218 Å². The predicted molar refractivity (Wildman–Crippen MR) is 151 cm³/mol. The highest BCUT2D eigenvalue weighted by atomic mass is 35.5. The summed E-state index contributed by atoms with van der Waals surface area (Å²) in [5.41, 5.74) is 6.78. The summed E-state index contributed by atoms with van der Waals surface area (Å²) in [4.78, 5) is 2.53. The van der Waals surface area contributed by atoms with E-state index in [1.54, 1.807) is 0 Å².